The third-order valence-corrected chi connectivity index (χ3v) is 2.34. The maximum Gasteiger partial charge on any atom is 0.258 e. The second-order valence-corrected chi connectivity index (χ2v) is 3.67. The van der Waals surface area contributed by atoms with E-state index < -0.39 is 0 Å². The summed E-state index contributed by atoms with van der Waals surface area (Å²) in [4.78, 5) is 15.7. The number of nitrogens with zero attached hydrogens (tertiary/aromatic N) is 3. The molecule has 7 nitrogen and oxygen atoms in total. The average Bonchev–Trinajstić information content (AvgIpc) is 2.39. The second kappa shape index (κ2) is 5.39. The van der Waals surface area contributed by atoms with Crippen LogP contribution in [0.15, 0.2) is 30.6 Å². The van der Waals surface area contributed by atoms with Gasteiger partial charge in [-0.05, 0) is 18.2 Å². The lowest BCUT2D eigenvalue weighted by Crippen LogP contribution is -2.15. The number of carbonyl (C=O) groups is 1. The molecule has 0 aliphatic rings. The molecule has 0 bridgehead atoms. The van der Waals surface area contributed by atoms with Crippen LogP contribution in [-0.2, 0) is 0 Å². The topological polar surface area (TPSA) is 106 Å². The number of rotatable bonds is 3. The first-order valence-electron chi connectivity index (χ1n) is 4.92. The summed E-state index contributed by atoms with van der Waals surface area (Å²) < 4.78 is 0. The highest BCUT2D eigenvalue weighted by molar-refractivity contribution is 6.33. The fourth-order valence-corrected chi connectivity index (χ4v) is 1.45. The molecule has 2 aromatic rings. The molecule has 8 heteroatoms. The minimum Gasteiger partial charge on any atom is -0.307 e. The van der Waals surface area contributed by atoms with Crippen LogP contribution >= 0.6 is 11.6 Å². The van der Waals surface area contributed by atoms with Crippen molar-refractivity contribution in [1.29, 1.82) is 0 Å². The zero-order valence-electron chi connectivity index (χ0n) is 9.09. The van der Waals surface area contributed by atoms with Crippen molar-refractivity contribution in [3.63, 3.8) is 0 Å². The van der Waals surface area contributed by atoms with Crippen molar-refractivity contribution in [2.75, 3.05) is 10.7 Å². The van der Waals surface area contributed by atoms with E-state index in [1.807, 2.05) is 0 Å². The number of anilines is 2. The summed E-state index contributed by atoms with van der Waals surface area (Å²) in [5, 5.41) is 10.2. The van der Waals surface area contributed by atoms with E-state index in [-0.39, 0.29) is 10.9 Å². The van der Waals surface area contributed by atoms with Crippen LogP contribution in [0.1, 0.15) is 10.4 Å². The van der Waals surface area contributed by atoms with Crippen molar-refractivity contribution in [1.82, 2.24) is 15.2 Å². The zero-order chi connectivity index (χ0) is 13.0. The van der Waals surface area contributed by atoms with Crippen molar-refractivity contribution in [2.24, 2.45) is 5.84 Å². The van der Waals surface area contributed by atoms with E-state index in [4.69, 9.17) is 17.4 Å². The molecule has 2 heterocycles. The van der Waals surface area contributed by atoms with Crippen LogP contribution in [0.5, 0.6) is 0 Å². The molecule has 0 unspecified atom stereocenters. The molecule has 0 saturated heterocycles. The average molecular weight is 265 g/mol. The lowest BCUT2D eigenvalue weighted by molar-refractivity contribution is 0.102. The van der Waals surface area contributed by atoms with E-state index in [9.17, 15) is 4.79 Å². The molecule has 0 saturated carbocycles. The number of hydrogen-bond acceptors (Lipinski definition) is 6. The van der Waals surface area contributed by atoms with Crippen LogP contribution in [0.2, 0.25) is 5.02 Å². The number of aromatic nitrogens is 3. The van der Waals surface area contributed by atoms with Crippen molar-refractivity contribution in [3.8, 4) is 0 Å². The third-order valence-electron chi connectivity index (χ3n) is 2.05. The van der Waals surface area contributed by atoms with Gasteiger partial charge in [-0.1, -0.05) is 11.6 Å². The molecule has 2 rings (SSSR count). The highest BCUT2D eigenvalue weighted by Crippen LogP contribution is 2.19. The predicted molar refractivity (Wildman–Crippen MR) is 67.0 cm³/mol. The highest BCUT2D eigenvalue weighted by atomic mass is 35.5. The summed E-state index contributed by atoms with van der Waals surface area (Å²) in [5.74, 6) is 5.45. The van der Waals surface area contributed by atoms with Gasteiger partial charge in [0.05, 0.1) is 10.6 Å². The summed E-state index contributed by atoms with van der Waals surface area (Å²) in [7, 11) is 0. The summed E-state index contributed by atoms with van der Waals surface area (Å²) >= 11 is 5.86. The van der Waals surface area contributed by atoms with Gasteiger partial charge in [0.2, 0.25) is 0 Å². The Hall–Kier alpha value is -2.25. The number of carbonyl (C=O) groups excluding carboxylic acids is 1. The van der Waals surface area contributed by atoms with Gasteiger partial charge in [-0.3, -0.25) is 4.79 Å². The molecular weight excluding hydrogens is 256 g/mol. The summed E-state index contributed by atoms with van der Waals surface area (Å²) in [6.07, 6.45) is 2.86. The van der Waals surface area contributed by atoms with E-state index in [1.165, 1.54) is 18.5 Å². The van der Waals surface area contributed by atoms with Crippen LogP contribution in [0.3, 0.4) is 0 Å². The first-order valence-corrected chi connectivity index (χ1v) is 5.29. The van der Waals surface area contributed by atoms with Crippen molar-refractivity contribution in [3.05, 3.63) is 41.2 Å². The normalized spacial score (nSPS) is 9.89. The largest absolute Gasteiger partial charge is 0.307 e. The Balaban J connectivity index is 2.17. The Morgan fingerprint density at radius 3 is 2.89 bits per heavy atom. The number of nitrogen functional groups attached to an aromatic ring is 1. The number of nitrogens with two attached hydrogens (primary N) is 1. The third kappa shape index (κ3) is 2.70. The molecule has 1 amide bonds. The van der Waals surface area contributed by atoms with Crippen molar-refractivity contribution < 1.29 is 4.79 Å². The minimum atomic E-state index is -0.381. The Morgan fingerprint density at radius 1 is 1.44 bits per heavy atom. The number of halogens is 1. The molecule has 18 heavy (non-hydrogen) atoms. The quantitative estimate of drug-likeness (QED) is 0.565. The molecule has 0 spiro atoms. The van der Waals surface area contributed by atoms with Gasteiger partial charge in [-0.2, -0.15) is 5.10 Å². The molecule has 0 aliphatic carbocycles. The van der Waals surface area contributed by atoms with E-state index in [0.717, 1.165) is 0 Å². The van der Waals surface area contributed by atoms with Gasteiger partial charge in [-0.25, -0.2) is 10.8 Å². The number of amides is 1. The van der Waals surface area contributed by atoms with Gasteiger partial charge in [0.1, 0.15) is 0 Å². The van der Waals surface area contributed by atoms with E-state index in [2.05, 4.69) is 25.9 Å². The first-order chi connectivity index (χ1) is 8.70. The number of nitrogens with one attached hydrogen (secondary N) is 2. The van der Waals surface area contributed by atoms with Gasteiger partial charge >= 0.3 is 0 Å². The lowest BCUT2D eigenvalue weighted by atomic mass is 10.2. The SMILES string of the molecule is NNc1ncc(C(=O)Nc2cccnn2)cc1Cl. The van der Waals surface area contributed by atoms with Crippen molar-refractivity contribution in [2.45, 2.75) is 0 Å². The maximum atomic E-state index is 11.8. The van der Waals surface area contributed by atoms with Crippen LogP contribution in [0, 0.1) is 0 Å². The molecular formula is C10H9ClN6O. The number of pyridine rings is 1. The fourth-order valence-electron chi connectivity index (χ4n) is 1.22. The van der Waals surface area contributed by atoms with E-state index >= 15 is 0 Å². The van der Waals surface area contributed by atoms with Crippen LogP contribution < -0.4 is 16.6 Å². The smallest absolute Gasteiger partial charge is 0.258 e. The maximum absolute atomic E-state index is 11.8. The second-order valence-electron chi connectivity index (χ2n) is 3.26. The summed E-state index contributed by atoms with van der Waals surface area (Å²) in [6.45, 7) is 0. The number of hydrogen-bond donors (Lipinski definition) is 3. The first kappa shape index (κ1) is 12.2. The molecule has 92 valence electrons. The van der Waals surface area contributed by atoms with E-state index in [1.54, 1.807) is 12.1 Å². The fraction of sp³-hybridized carbons (Fsp3) is 0. The van der Waals surface area contributed by atoms with Gasteiger partial charge in [-0.15, -0.1) is 5.10 Å². The molecule has 0 aliphatic heterocycles. The Kier molecular flexibility index (Phi) is 3.66. The predicted octanol–water partition coefficient (Wildman–Crippen LogP) is 1.06. The molecule has 2 aromatic heterocycles. The van der Waals surface area contributed by atoms with Crippen molar-refractivity contribution >= 4 is 29.1 Å². The molecule has 4 N–H and O–H groups in total. The standard InChI is InChI=1S/C10H9ClN6O/c11-7-4-6(5-13-9(7)16-12)10(18)15-8-2-1-3-14-17-8/h1-5H,12H2,(H,13,16)(H,15,17,18). The van der Waals surface area contributed by atoms with Gasteiger partial charge in [0.25, 0.3) is 5.91 Å². The van der Waals surface area contributed by atoms with Crippen LogP contribution in [-0.4, -0.2) is 21.1 Å². The molecule has 0 fully saturated rings. The summed E-state index contributed by atoms with van der Waals surface area (Å²) in [5.41, 5.74) is 2.61. The van der Waals surface area contributed by atoms with Gasteiger partial charge in [0.15, 0.2) is 11.6 Å². The van der Waals surface area contributed by atoms with Gasteiger partial charge < -0.3 is 10.7 Å². The Labute approximate surface area is 107 Å². The Morgan fingerprint density at radius 2 is 2.28 bits per heavy atom. The molecule has 0 atom stereocenters. The van der Waals surface area contributed by atoms with E-state index in [0.29, 0.717) is 17.2 Å². The Bertz CT molecular complexity index is 562. The molecule has 0 aromatic carbocycles. The summed E-state index contributed by atoms with van der Waals surface area (Å²) in [6, 6.07) is 4.74. The molecule has 0 radical (unpaired) electrons. The van der Waals surface area contributed by atoms with Crippen LogP contribution in [0.25, 0.3) is 0 Å². The number of hydrazine groups is 1. The van der Waals surface area contributed by atoms with Crippen LogP contribution in [0.4, 0.5) is 11.6 Å². The monoisotopic (exact) mass is 264 g/mol. The highest BCUT2D eigenvalue weighted by Gasteiger charge is 2.10. The zero-order valence-corrected chi connectivity index (χ0v) is 9.85. The lowest BCUT2D eigenvalue weighted by Gasteiger charge is -2.05. The minimum absolute atomic E-state index is 0.254. The van der Waals surface area contributed by atoms with Gasteiger partial charge in [0, 0.05) is 12.4 Å².